The lowest BCUT2D eigenvalue weighted by Crippen LogP contribution is -2.48. The quantitative estimate of drug-likeness (QED) is 0.827. The van der Waals surface area contributed by atoms with E-state index in [2.05, 4.69) is 0 Å². The maximum absolute atomic E-state index is 15.1. The molecular weight excluding hydrogens is 381 g/mol. The first-order valence-corrected chi connectivity index (χ1v) is 9.52. The summed E-state index contributed by atoms with van der Waals surface area (Å²) in [4.78, 5) is 39.3. The summed E-state index contributed by atoms with van der Waals surface area (Å²) in [5.74, 6) is -1.60. The summed E-state index contributed by atoms with van der Waals surface area (Å²) in [6, 6.07) is 0.914. The number of ketones is 1. The van der Waals surface area contributed by atoms with E-state index in [0.29, 0.717) is 38.2 Å². The van der Waals surface area contributed by atoms with Crippen LogP contribution in [0.5, 0.6) is 5.75 Å². The van der Waals surface area contributed by atoms with Crippen LogP contribution in [0.15, 0.2) is 17.1 Å². The number of pyridine rings is 1. The highest BCUT2D eigenvalue weighted by atomic mass is 19.1. The summed E-state index contributed by atoms with van der Waals surface area (Å²) in [6.07, 6.45) is 1.32. The molecule has 3 heterocycles. The van der Waals surface area contributed by atoms with Crippen LogP contribution in [0, 0.1) is 5.82 Å². The predicted octanol–water partition coefficient (Wildman–Crippen LogP) is 1.50. The zero-order valence-electron chi connectivity index (χ0n) is 16.3. The smallest absolute Gasteiger partial charge is 0.341 e. The van der Waals surface area contributed by atoms with Gasteiger partial charge in [-0.2, -0.15) is 0 Å². The molecule has 0 aliphatic carbocycles. The van der Waals surface area contributed by atoms with E-state index in [-0.39, 0.29) is 40.8 Å². The van der Waals surface area contributed by atoms with Gasteiger partial charge in [0.15, 0.2) is 11.6 Å². The first-order valence-electron chi connectivity index (χ1n) is 9.52. The van der Waals surface area contributed by atoms with Crippen LogP contribution < -0.4 is 15.1 Å². The maximum atomic E-state index is 15.1. The van der Waals surface area contributed by atoms with Crippen LogP contribution in [0.4, 0.5) is 10.1 Å². The van der Waals surface area contributed by atoms with E-state index in [0.717, 1.165) is 6.07 Å². The molecule has 154 valence electrons. The van der Waals surface area contributed by atoms with Crippen LogP contribution in [-0.2, 0) is 4.79 Å². The molecule has 0 radical (unpaired) electrons. The number of aromatic nitrogens is 1. The molecule has 0 bridgehead atoms. The highest BCUT2D eigenvalue weighted by molar-refractivity contribution is 5.97. The number of hydrogen-bond donors (Lipinski definition) is 1. The van der Waals surface area contributed by atoms with Crippen LogP contribution in [0.3, 0.4) is 0 Å². The Labute approximate surface area is 166 Å². The van der Waals surface area contributed by atoms with Crippen LogP contribution in [0.25, 0.3) is 10.9 Å². The molecule has 9 heteroatoms. The van der Waals surface area contributed by atoms with E-state index in [1.54, 1.807) is 11.5 Å². The number of anilines is 1. The lowest BCUT2D eigenvalue weighted by atomic mass is 10.1. The monoisotopic (exact) mass is 403 g/mol. The van der Waals surface area contributed by atoms with Gasteiger partial charge in [0.2, 0.25) is 5.43 Å². The molecule has 1 N–H and O–H groups in total. The molecule has 0 amide bonds. The summed E-state index contributed by atoms with van der Waals surface area (Å²) in [5.41, 5.74) is -0.411. The van der Waals surface area contributed by atoms with Crippen LogP contribution in [0.1, 0.15) is 30.2 Å². The van der Waals surface area contributed by atoms with E-state index in [9.17, 15) is 19.5 Å². The summed E-state index contributed by atoms with van der Waals surface area (Å²) in [6.45, 7) is 6.24. The second-order valence-corrected chi connectivity index (χ2v) is 7.64. The fourth-order valence-electron chi connectivity index (χ4n) is 4.10. The predicted molar refractivity (Wildman–Crippen MR) is 105 cm³/mol. The number of Topliss-reactive ketones (excluding diaryl/α,β-unsaturated/α-hetero) is 1. The van der Waals surface area contributed by atoms with Gasteiger partial charge in [-0.3, -0.25) is 14.5 Å². The maximum Gasteiger partial charge on any atom is 0.341 e. The van der Waals surface area contributed by atoms with Crippen molar-refractivity contribution in [3.05, 3.63) is 33.9 Å². The Balaban J connectivity index is 1.83. The average molecular weight is 403 g/mol. The Hall–Kier alpha value is -2.94. The van der Waals surface area contributed by atoms with Gasteiger partial charge < -0.3 is 19.3 Å². The number of rotatable bonds is 4. The van der Waals surface area contributed by atoms with Crippen LogP contribution in [0.2, 0.25) is 0 Å². The van der Waals surface area contributed by atoms with Crippen molar-refractivity contribution in [2.75, 3.05) is 44.2 Å². The Morgan fingerprint density at radius 2 is 1.97 bits per heavy atom. The highest BCUT2D eigenvalue weighted by Gasteiger charge is 2.31. The van der Waals surface area contributed by atoms with Gasteiger partial charge in [-0.25, -0.2) is 9.18 Å². The van der Waals surface area contributed by atoms with Crippen molar-refractivity contribution in [1.29, 1.82) is 0 Å². The topological polar surface area (TPSA) is 92.1 Å². The van der Waals surface area contributed by atoms with E-state index >= 15 is 4.39 Å². The van der Waals surface area contributed by atoms with E-state index in [1.165, 1.54) is 6.20 Å². The molecule has 0 spiro atoms. The molecule has 2 aromatic rings. The number of carbonyl (C=O) groups is 2. The van der Waals surface area contributed by atoms with Gasteiger partial charge in [0.25, 0.3) is 0 Å². The summed E-state index contributed by atoms with van der Waals surface area (Å²) < 4.78 is 22.7. The molecule has 0 saturated carbocycles. The molecule has 29 heavy (non-hydrogen) atoms. The number of benzene rings is 1. The largest absolute Gasteiger partial charge is 0.487 e. The van der Waals surface area contributed by atoms with E-state index in [4.69, 9.17) is 4.74 Å². The highest BCUT2D eigenvalue weighted by Crippen LogP contribution is 2.42. The second-order valence-electron chi connectivity index (χ2n) is 7.64. The van der Waals surface area contributed by atoms with Crippen molar-refractivity contribution in [3.8, 4) is 5.75 Å². The zero-order valence-corrected chi connectivity index (χ0v) is 16.3. The molecule has 1 unspecified atom stereocenters. The molecule has 2 aliphatic rings. The number of piperazine rings is 1. The number of carboxylic acid groups (broad SMARTS) is 1. The lowest BCUT2D eigenvalue weighted by Gasteiger charge is -2.38. The number of ether oxygens (including phenoxy) is 1. The average Bonchev–Trinajstić information content (AvgIpc) is 2.66. The van der Waals surface area contributed by atoms with Crippen molar-refractivity contribution in [2.24, 2.45) is 0 Å². The van der Waals surface area contributed by atoms with Crippen LogP contribution in [-0.4, -0.2) is 65.7 Å². The number of aromatic carboxylic acids is 1. The summed E-state index contributed by atoms with van der Waals surface area (Å²) in [7, 11) is 0. The molecule has 1 aromatic heterocycles. The first-order chi connectivity index (χ1) is 13.8. The van der Waals surface area contributed by atoms with Crippen molar-refractivity contribution in [3.63, 3.8) is 0 Å². The fraction of sp³-hybridized carbons (Fsp3) is 0.450. The van der Waals surface area contributed by atoms with Gasteiger partial charge >= 0.3 is 5.97 Å². The number of hydrogen-bond acceptors (Lipinski definition) is 6. The molecule has 8 nitrogen and oxygen atoms in total. The minimum absolute atomic E-state index is 0.00270. The molecule has 4 rings (SSSR count). The Morgan fingerprint density at radius 3 is 2.59 bits per heavy atom. The number of halogens is 1. The third kappa shape index (κ3) is 3.25. The number of carboxylic acids is 1. The van der Waals surface area contributed by atoms with Crippen molar-refractivity contribution in [2.45, 2.75) is 19.9 Å². The fourth-order valence-corrected chi connectivity index (χ4v) is 4.10. The normalized spacial score (nSPS) is 19.3. The van der Waals surface area contributed by atoms with Gasteiger partial charge in [-0.1, -0.05) is 0 Å². The standard InChI is InChI=1S/C20H22FN3O5/c1-11-10-29-19-16-13(18(26)14(20(27)28)9-24(11)16)7-15(21)17(19)23-5-3-22(4-6-23)8-12(2)25/h7,9,11H,3-6,8,10H2,1-2H3,(H,27,28). The molecule has 1 saturated heterocycles. The zero-order chi connectivity index (χ0) is 20.9. The summed E-state index contributed by atoms with van der Waals surface area (Å²) in [5, 5.41) is 9.36. The van der Waals surface area contributed by atoms with Gasteiger partial charge in [0, 0.05) is 32.4 Å². The number of nitrogens with zero attached hydrogens (tertiary/aromatic N) is 3. The Bertz CT molecular complexity index is 1070. The Morgan fingerprint density at radius 1 is 1.28 bits per heavy atom. The number of carbonyl (C=O) groups excluding carboxylic acids is 1. The van der Waals surface area contributed by atoms with Crippen molar-refractivity contribution >= 4 is 28.3 Å². The van der Waals surface area contributed by atoms with Crippen molar-refractivity contribution in [1.82, 2.24) is 9.47 Å². The van der Waals surface area contributed by atoms with Crippen LogP contribution >= 0.6 is 0 Å². The summed E-state index contributed by atoms with van der Waals surface area (Å²) >= 11 is 0. The molecular formula is C20H22FN3O5. The minimum atomic E-state index is -1.34. The minimum Gasteiger partial charge on any atom is -0.487 e. The molecule has 1 atom stereocenters. The van der Waals surface area contributed by atoms with E-state index < -0.39 is 17.2 Å². The van der Waals surface area contributed by atoms with Gasteiger partial charge in [-0.15, -0.1) is 0 Å². The third-order valence-electron chi connectivity index (χ3n) is 5.51. The Kier molecular flexibility index (Phi) is 4.77. The van der Waals surface area contributed by atoms with Crippen molar-refractivity contribution < 1.29 is 23.8 Å². The first kappa shape index (κ1) is 19.4. The van der Waals surface area contributed by atoms with Gasteiger partial charge in [0.05, 0.1) is 23.5 Å². The van der Waals surface area contributed by atoms with Gasteiger partial charge in [0.1, 0.15) is 23.6 Å². The van der Waals surface area contributed by atoms with Gasteiger partial charge in [-0.05, 0) is 19.9 Å². The third-order valence-corrected chi connectivity index (χ3v) is 5.51. The molecule has 1 aromatic carbocycles. The molecule has 1 fully saturated rings. The van der Waals surface area contributed by atoms with E-state index in [1.807, 2.05) is 16.7 Å². The second kappa shape index (κ2) is 7.14. The molecule has 2 aliphatic heterocycles. The lowest BCUT2D eigenvalue weighted by molar-refractivity contribution is -0.118. The SMILES string of the molecule is CC(=O)CN1CCN(c2c(F)cc3c(=O)c(C(=O)O)cn4c3c2OCC4C)CC1.